The average molecular weight is 196 g/mol. The first-order valence-corrected chi connectivity index (χ1v) is 6.49. The van der Waals surface area contributed by atoms with Gasteiger partial charge in [0.25, 0.3) is 0 Å². The summed E-state index contributed by atoms with van der Waals surface area (Å²) in [5.41, 5.74) is 0.995. The molecule has 0 aromatic rings. The molecule has 1 heterocycles. The molecule has 0 aromatic heterocycles. The Bertz CT molecular complexity index is 264. The first-order chi connectivity index (χ1) is 6.22. The number of hydrogen-bond acceptors (Lipinski definition) is 2. The fraction of sp³-hybridized carbons (Fsp3) is 0.900. The molecule has 0 radical (unpaired) electrons. The standard InChI is InChI=1S/C10H16O2Si/c11-9-4-12-5-10(9)3-6-1-7(10)2-8(6)13/h6-8H,1-5H2,13H3. The van der Waals surface area contributed by atoms with Gasteiger partial charge in [0.1, 0.15) is 6.61 Å². The minimum Gasteiger partial charge on any atom is -0.373 e. The highest BCUT2D eigenvalue weighted by molar-refractivity contribution is 6.12. The second-order valence-electron chi connectivity index (χ2n) is 5.18. The number of hydrogen-bond donors (Lipinski definition) is 0. The van der Waals surface area contributed by atoms with Crippen LogP contribution in [0.25, 0.3) is 0 Å². The number of Topliss-reactive ketones (excluding diaryl/α,β-unsaturated/α-hetero) is 1. The van der Waals surface area contributed by atoms with Gasteiger partial charge in [0, 0.05) is 10.2 Å². The van der Waals surface area contributed by atoms with Crippen molar-refractivity contribution in [1.82, 2.24) is 0 Å². The third-order valence-corrected chi connectivity index (χ3v) is 6.02. The first-order valence-electron chi connectivity index (χ1n) is 5.33. The first kappa shape index (κ1) is 8.18. The number of ketones is 1. The highest BCUT2D eigenvalue weighted by atomic mass is 28.1. The minimum atomic E-state index is 0.00553. The summed E-state index contributed by atoms with van der Waals surface area (Å²) in [6.07, 6.45) is 3.81. The van der Waals surface area contributed by atoms with Crippen LogP contribution in [-0.2, 0) is 9.53 Å². The van der Waals surface area contributed by atoms with E-state index in [1.54, 1.807) is 0 Å². The molecule has 0 N–H and O–H groups in total. The molecule has 2 nitrogen and oxygen atoms in total. The molecule has 2 saturated carbocycles. The zero-order chi connectivity index (χ0) is 9.05. The van der Waals surface area contributed by atoms with Crippen molar-refractivity contribution < 1.29 is 9.53 Å². The van der Waals surface area contributed by atoms with Crippen molar-refractivity contribution in [1.29, 1.82) is 0 Å². The van der Waals surface area contributed by atoms with Gasteiger partial charge in [-0.25, -0.2) is 0 Å². The fourth-order valence-electron chi connectivity index (χ4n) is 3.77. The van der Waals surface area contributed by atoms with E-state index in [4.69, 9.17) is 4.74 Å². The maximum absolute atomic E-state index is 11.8. The molecular weight excluding hydrogens is 180 g/mol. The predicted molar refractivity (Wildman–Crippen MR) is 52.8 cm³/mol. The van der Waals surface area contributed by atoms with Crippen LogP contribution in [0.2, 0.25) is 5.54 Å². The summed E-state index contributed by atoms with van der Waals surface area (Å²) in [5.74, 6) is 1.98. The second kappa shape index (κ2) is 2.45. The van der Waals surface area contributed by atoms with E-state index in [1.807, 2.05) is 0 Å². The van der Waals surface area contributed by atoms with Crippen molar-refractivity contribution >= 4 is 16.0 Å². The molecule has 1 aliphatic heterocycles. The highest BCUT2D eigenvalue weighted by Gasteiger charge is 2.59. The number of carbonyl (C=O) groups is 1. The zero-order valence-electron chi connectivity index (χ0n) is 8.08. The van der Waals surface area contributed by atoms with Gasteiger partial charge in [0.15, 0.2) is 5.78 Å². The Hall–Kier alpha value is -0.153. The molecule has 4 unspecified atom stereocenters. The summed E-state index contributed by atoms with van der Waals surface area (Å²) in [6.45, 7) is 1.14. The summed E-state index contributed by atoms with van der Waals surface area (Å²) < 4.78 is 5.34. The third-order valence-electron chi connectivity index (χ3n) is 4.60. The number of fused-ring (bicyclic) bond motifs is 3. The molecule has 72 valence electrons. The minimum absolute atomic E-state index is 0.00553. The second-order valence-corrected chi connectivity index (χ2v) is 6.67. The van der Waals surface area contributed by atoms with E-state index in [9.17, 15) is 4.79 Å². The summed E-state index contributed by atoms with van der Waals surface area (Å²) in [5, 5.41) is 0. The molecule has 1 saturated heterocycles. The summed E-state index contributed by atoms with van der Waals surface area (Å²) in [4.78, 5) is 11.8. The van der Waals surface area contributed by atoms with Gasteiger partial charge in [0.05, 0.1) is 12.0 Å². The molecule has 2 aliphatic carbocycles. The molecule has 2 bridgehead atoms. The predicted octanol–water partition coefficient (Wildman–Crippen LogP) is 0.156. The van der Waals surface area contributed by atoms with Crippen LogP contribution >= 0.6 is 0 Å². The maximum atomic E-state index is 11.8. The van der Waals surface area contributed by atoms with Crippen molar-refractivity contribution in [3.05, 3.63) is 0 Å². The smallest absolute Gasteiger partial charge is 0.167 e. The fourth-order valence-corrected chi connectivity index (χ4v) is 4.85. The normalized spacial score (nSPS) is 54.2. The molecule has 3 heteroatoms. The van der Waals surface area contributed by atoms with Crippen LogP contribution in [0.5, 0.6) is 0 Å². The van der Waals surface area contributed by atoms with Crippen LogP contribution in [0.3, 0.4) is 0 Å². The van der Waals surface area contributed by atoms with E-state index >= 15 is 0 Å². The van der Waals surface area contributed by atoms with E-state index in [-0.39, 0.29) is 5.41 Å². The topological polar surface area (TPSA) is 26.3 Å². The van der Waals surface area contributed by atoms with Gasteiger partial charge in [-0.2, -0.15) is 0 Å². The Labute approximate surface area is 81.5 Å². The van der Waals surface area contributed by atoms with Gasteiger partial charge in [-0.15, -0.1) is 0 Å². The van der Waals surface area contributed by atoms with Gasteiger partial charge in [0.2, 0.25) is 0 Å². The maximum Gasteiger partial charge on any atom is 0.167 e. The molecule has 1 spiro atoms. The van der Waals surface area contributed by atoms with Crippen LogP contribution in [-0.4, -0.2) is 29.2 Å². The van der Waals surface area contributed by atoms with Gasteiger partial charge in [-0.05, 0) is 31.1 Å². The van der Waals surface area contributed by atoms with E-state index in [0.717, 1.165) is 24.5 Å². The molecule has 0 amide bonds. The SMILES string of the molecule is O=C1COCC12CC1CC2CC1[SiH3]. The van der Waals surface area contributed by atoms with Crippen molar-refractivity contribution in [2.24, 2.45) is 17.3 Å². The number of rotatable bonds is 0. The van der Waals surface area contributed by atoms with E-state index in [0.29, 0.717) is 18.3 Å². The van der Waals surface area contributed by atoms with Crippen LogP contribution in [0.15, 0.2) is 0 Å². The van der Waals surface area contributed by atoms with Gasteiger partial charge in [-0.1, -0.05) is 5.54 Å². The van der Waals surface area contributed by atoms with E-state index in [1.165, 1.54) is 23.1 Å². The lowest BCUT2D eigenvalue weighted by molar-refractivity contribution is -0.126. The van der Waals surface area contributed by atoms with Gasteiger partial charge in [-0.3, -0.25) is 4.79 Å². The van der Waals surface area contributed by atoms with Gasteiger partial charge >= 0.3 is 0 Å². The Morgan fingerprint density at radius 3 is 2.77 bits per heavy atom. The van der Waals surface area contributed by atoms with Crippen molar-refractivity contribution in [3.8, 4) is 0 Å². The number of carbonyl (C=O) groups excluding carboxylic acids is 1. The number of ether oxygens (including phenoxy) is 1. The molecular formula is C10H16O2Si. The quantitative estimate of drug-likeness (QED) is 0.516. The molecule has 0 aromatic carbocycles. The van der Waals surface area contributed by atoms with Crippen LogP contribution in [0.4, 0.5) is 0 Å². The lowest BCUT2D eigenvalue weighted by Gasteiger charge is -2.32. The van der Waals surface area contributed by atoms with Crippen molar-refractivity contribution in [2.45, 2.75) is 24.8 Å². The molecule has 3 rings (SSSR count). The molecule has 13 heavy (non-hydrogen) atoms. The summed E-state index contributed by atoms with van der Waals surface area (Å²) in [6, 6.07) is 0. The van der Waals surface area contributed by atoms with E-state index in [2.05, 4.69) is 0 Å². The Morgan fingerprint density at radius 2 is 2.31 bits per heavy atom. The lowest BCUT2D eigenvalue weighted by Crippen LogP contribution is -2.36. The lowest BCUT2D eigenvalue weighted by atomic mass is 9.72. The van der Waals surface area contributed by atoms with Crippen molar-refractivity contribution in [3.63, 3.8) is 0 Å². The molecule has 4 atom stereocenters. The summed E-state index contributed by atoms with van der Waals surface area (Å²) in [7, 11) is 1.32. The molecule has 3 fully saturated rings. The zero-order valence-corrected chi connectivity index (χ0v) is 10.1. The largest absolute Gasteiger partial charge is 0.373 e. The van der Waals surface area contributed by atoms with Crippen LogP contribution in [0.1, 0.15) is 19.3 Å². The summed E-state index contributed by atoms with van der Waals surface area (Å²) >= 11 is 0. The van der Waals surface area contributed by atoms with Crippen LogP contribution in [0, 0.1) is 17.3 Å². The molecule has 3 aliphatic rings. The monoisotopic (exact) mass is 196 g/mol. The highest BCUT2D eigenvalue weighted by Crippen LogP contribution is 2.61. The van der Waals surface area contributed by atoms with E-state index < -0.39 is 0 Å². The van der Waals surface area contributed by atoms with Crippen LogP contribution < -0.4 is 0 Å². The Morgan fingerprint density at radius 1 is 1.46 bits per heavy atom. The Balaban J connectivity index is 1.92. The third kappa shape index (κ3) is 0.894. The Kier molecular flexibility index (Phi) is 1.54. The average Bonchev–Trinajstić information content (AvgIpc) is 2.70. The van der Waals surface area contributed by atoms with Crippen molar-refractivity contribution in [2.75, 3.05) is 13.2 Å². The van der Waals surface area contributed by atoms with Gasteiger partial charge < -0.3 is 4.74 Å².